The monoisotopic (exact) mass is 547 g/mol. The van der Waals surface area contributed by atoms with E-state index < -0.39 is 17.8 Å². The van der Waals surface area contributed by atoms with E-state index in [0.717, 1.165) is 17.2 Å². The van der Waals surface area contributed by atoms with E-state index in [1.807, 2.05) is 6.07 Å². The van der Waals surface area contributed by atoms with Crippen molar-refractivity contribution in [3.05, 3.63) is 74.7 Å². The molecule has 0 radical (unpaired) electrons. The van der Waals surface area contributed by atoms with Crippen LogP contribution < -0.4 is 5.11 Å². The van der Waals surface area contributed by atoms with Crippen molar-refractivity contribution in [2.45, 2.75) is 63.7 Å². The van der Waals surface area contributed by atoms with Crippen LogP contribution in [0.4, 0.5) is 13.2 Å². The second-order valence-electron chi connectivity index (χ2n) is 9.48. The van der Waals surface area contributed by atoms with Crippen molar-refractivity contribution in [2.24, 2.45) is 0 Å². The summed E-state index contributed by atoms with van der Waals surface area (Å²) < 4.78 is 39.2. The Bertz CT molecular complexity index is 1280. The fraction of sp³-hybridized carbons (Fsp3) is 0.462. The number of nitrogens with one attached hydrogen (secondary N) is 1. The van der Waals surface area contributed by atoms with Crippen molar-refractivity contribution in [1.29, 1.82) is 0 Å². The van der Waals surface area contributed by atoms with Gasteiger partial charge in [-0.15, -0.1) is 17.4 Å². The molecule has 3 heterocycles. The number of carbonyl (C=O) groups excluding carboxylic acids is 2. The zero-order chi connectivity index (χ0) is 27.4. The molecule has 1 amide bonds. The highest BCUT2D eigenvalue weighted by molar-refractivity contribution is 7.09. The summed E-state index contributed by atoms with van der Waals surface area (Å²) in [6.07, 6.45) is 0.0679. The molecule has 1 saturated heterocycles. The second kappa shape index (κ2) is 11.6. The van der Waals surface area contributed by atoms with Crippen LogP contribution in [-0.4, -0.2) is 44.6 Å². The van der Waals surface area contributed by atoms with Crippen LogP contribution >= 0.6 is 11.3 Å². The quantitative estimate of drug-likeness (QED) is 0.475. The molecule has 1 atom stereocenters. The van der Waals surface area contributed by atoms with Gasteiger partial charge in [-0.25, -0.2) is 4.98 Å². The molecule has 0 bridgehead atoms. The third-order valence-corrected chi connectivity index (χ3v) is 7.86. The summed E-state index contributed by atoms with van der Waals surface area (Å²) in [7, 11) is 0. The second-order valence-corrected chi connectivity index (χ2v) is 10.4. The average Bonchev–Trinajstić information content (AvgIpc) is 3.53. The van der Waals surface area contributed by atoms with Gasteiger partial charge in [0.15, 0.2) is 5.69 Å². The third kappa shape index (κ3) is 6.60. The lowest BCUT2D eigenvalue weighted by Crippen LogP contribution is -2.40. The molecule has 0 unspecified atom stereocenters. The molecule has 3 aromatic rings. The number of hydrogen-bond donors (Lipinski definition) is 0. The number of nitrogens with zero attached hydrogens (tertiary/aromatic N) is 4. The lowest BCUT2D eigenvalue weighted by molar-refractivity contribution is -0.255. The summed E-state index contributed by atoms with van der Waals surface area (Å²) in [4.78, 5) is 28.8. The van der Waals surface area contributed by atoms with Crippen molar-refractivity contribution >= 4 is 23.2 Å². The zero-order valence-electron chi connectivity index (χ0n) is 20.8. The maximum Gasteiger partial charge on any atom is 0.435 e. The lowest BCUT2D eigenvalue weighted by atomic mass is 9.88. The number of rotatable bonds is 4. The molecule has 1 aliphatic carbocycles. The average molecular weight is 548 g/mol. The number of fused-ring (bicyclic) bond motifs is 1. The first-order valence-corrected chi connectivity index (χ1v) is 13.3. The minimum absolute atomic E-state index is 0.0416. The van der Waals surface area contributed by atoms with Gasteiger partial charge in [0.25, 0.3) is 0 Å². The fourth-order valence-corrected chi connectivity index (χ4v) is 5.70. The van der Waals surface area contributed by atoms with E-state index in [1.165, 1.54) is 47.6 Å². The van der Waals surface area contributed by atoms with Crippen molar-refractivity contribution in [3.8, 4) is 0 Å². The molecule has 2 aromatic heterocycles. The zero-order valence-corrected chi connectivity index (χ0v) is 21.6. The summed E-state index contributed by atoms with van der Waals surface area (Å²) in [5.41, 5.74) is 9.55. The first-order valence-electron chi connectivity index (χ1n) is 12.4. The highest BCUT2D eigenvalue weighted by Gasteiger charge is 2.35. The Hall–Kier alpha value is -3.25. The Morgan fingerprint density at radius 2 is 1.89 bits per heavy atom. The van der Waals surface area contributed by atoms with E-state index in [4.69, 9.17) is 5.73 Å². The Morgan fingerprint density at radius 3 is 2.50 bits per heavy atom. The molecule has 8 nitrogen and oxygen atoms in total. The molecule has 1 aliphatic heterocycles. The van der Waals surface area contributed by atoms with Crippen molar-refractivity contribution in [3.63, 3.8) is 0 Å². The summed E-state index contributed by atoms with van der Waals surface area (Å²) in [5, 5.41) is 16.4. The largest absolute Gasteiger partial charge is 0.671 e. The van der Waals surface area contributed by atoms with Crippen molar-refractivity contribution in [2.75, 3.05) is 13.1 Å². The number of hydrogen-bond acceptors (Lipinski definition) is 6. The topological polar surface area (TPSA) is 115 Å². The number of likely N-dealkylation sites (tertiary alicyclic amines) is 1. The molecule has 1 aromatic carbocycles. The summed E-state index contributed by atoms with van der Waals surface area (Å²) in [6.45, 7) is 2.07. The molecule has 12 heteroatoms. The standard InChI is InChI=1S/C16H17F3N4O3S.C10H12N/c1-9-6-12(16(17,18)19)21-23(9)7-13(24)22-4-2-10(3-5-22)14-20-11(8-27-14)15(25)26;11-10-7-3-5-8-4-1-2-6-9(8)10/h6,8,10H,2-5,7H2,1H3,(H,25,26);1-2,4,6,10-11H,3,5,7H2/q;-1/p-1/t;10-/m.1/s1. The van der Waals surface area contributed by atoms with Crippen LogP contribution in [0, 0.1) is 6.92 Å². The van der Waals surface area contributed by atoms with E-state index in [0.29, 0.717) is 30.9 Å². The van der Waals surface area contributed by atoms with Crippen LogP contribution in [0.3, 0.4) is 0 Å². The van der Waals surface area contributed by atoms with Gasteiger partial charge < -0.3 is 20.5 Å². The van der Waals surface area contributed by atoms with Crippen molar-refractivity contribution < 1.29 is 27.9 Å². The van der Waals surface area contributed by atoms with Crippen LogP contribution in [0.2, 0.25) is 0 Å². The first-order chi connectivity index (χ1) is 18.0. The van der Waals surface area contributed by atoms with Crippen LogP contribution in [0.1, 0.15) is 75.7 Å². The van der Waals surface area contributed by atoms with Gasteiger partial charge in [0.05, 0.1) is 16.7 Å². The summed E-state index contributed by atoms with van der Waals surface area (Å²) in [6, 6.07) is 9.29. The molecule has 0 spiro atoms. The number of carbonyl (C=O) groups is 2. The Morgan fingerprint density at radius 1 is 1.18 bits per heavy atom. The van der Waals surface area contributed by atoms with Gasteiger partial charge in [0.1, 0.15) is 6.54 Å². The van der Waals surface area contributed by atoms with E-state index in [-0.39, 0.29) is 35.8 Å². The Balaban J connectivity index is 0.000000253. The number of carboxylic acids is 1. The van der Waals surface area contributed by atoms with E-state index >= 15 is 0 Å². The first kappa shape index (κ1) is 27.8. The highest BCUT2D eigenvalue weighted by Crippen LogP contribution is 2.32. The van der Waals surface area contributed by atoms with E-state index in [1.54, 1.807) is 4.90 Å². The van der Waals surface area contributed by atoms with Gasteiger partial charge >= 0.3 is 6.18 Å². The molecule has 2 aliphatic rings. The number of halogens is 3. The number of aryl methyl sites for hydroxylation is 2. The smallest absolute Gasteiger partial charge is 0.435 e. The molecular formula is C26H28F3N5O3S-2. The molecule has 5 rings (SSSR count). The highest BCUT2D eigenvalue weighted by atomic mass is 32.1. The molecular weight excluding hydrogens is 519 g/mol. The summed E-state index contributed by atoms with van der Waals surface area (Å²) in [5.74, 6) is -1.57. The Labute approximate surface area is 222 Å². The Kier molecular flexibility index (Phi) is 8.51. The van der Waals surface area contributed by atoms with Gasteiger partial charge in [-0.3, -0.25) is 9.48 Å². The fourth-order valence-electron chi connectivity index (χ4n) is 4.74. The molecule has 38 heavy (non-hydrogen) atoms. The summed E-state index contributed by atoms with van der Waals surface area (Å²) >= 11 is 1.25. The van der Waals surface area contributed by atoms with Gasteiger partial charge in [-0.05, 0) is 37.8 Å². The maximum atomic E-state index is 12.7. The van der Waals surface area contributed by atoms with Crippen LogP contribution in [0.15, 0.2) is 35.7 Å². The lowest BCUT2D eigenvalue weighted by Gasteiger charge is -2.31. The number of carboxylic acid groups (broad SMARTS) is 1. The van der Waals surface area contributed by atoms with E-state index in [2.05, 4.69) is 28.3 Å². The third-order valence-electron chi connectivity index (χ3n) is 6.85. The van der Waals surface area contributed by atoms with Crippen LogP contribution in [0.5, 0.6) is 0 Å². The van der Waals surface area contributed by atoms with Gasteiger partial charge in [0.2, 0.25) is 5.91 Å². The number of piperidine rings is 1. The number of amides is 1. The van der Waals surface area contributed by atoms with E-state index in [9.17, 15) is 27.9 Å². The minimum atomic E-state index is -4.55. The number of benzene rings is 1. The van der Waals surface area contributed by atoms with Crippen molar-refractivity contribution in [1.82, 2.24) is 19.7 Å². The normalized spacial score (nSPS) is 17.9. The maximum absolute atomic E-state index is 12.7. The molecule has 1 N–H and O–H groups in total. The molecule has 0 saturated carbocycles. The van der Waals surface area contributed by atoms with Gasteiger partial charge in [-0.2, -0.15) is 18.3 Å². The van der Waals surface area contributed by atoms with Gasteiger partial charge in [-0.1, -0.05) is 42.7 Å². The number of alkyl halides is 3. The number of thiazole rings is 1. The molecule has 1 fully saturated rings. The molecule has 204 valence electrons. The van der Waals surface area contributed by atoms with Crippen LogP contribution in [-0.2, 0) is 23.9 Å². The van der Waals surface area contributed by atoms with Crippen LogP contribution in [0.25, 0.3) is 5.73 Å². The minimum Gasteiger partial charge on any atom is -0.671 e. The number of aromatic carboxylic acids is 1. The SMILES string of the molecule is Cc1cc(C(F)(F)F)nn1CC(=O)N1CCC(c2nc(C(=O)[O-])cs2)CC1.[NH-][C@@H]1CCCc2ccccc21. The predicted molar refractivity (Wildman–Crippen MR) is 133 cm³/mol. The number of aromatic nitrogens is 3. The predicted octanol–water partition coefficient (Wildman–Crippen LogP) is 4.55. The van der Waals surface area contributed by atoms with Gasteiger partial charge in [0, 0.05) is 30.1 Å².